The number of alkyl halides is 3. The number of imidazole rings is 1. The Hall–Kier alpha value is -2.75. The molecule has 0 radical (unpaired) electrons. The number of para-hydroxylation sites is 1. The van der Waals surface area contributed by atoms with E-state index >= 15 is 0 Å². The number of hydrogen-bond acceptors (Lipinski definition) is 4. The molecule has 0 fully saturated rings. The molecule has 0 saturated heterocycles. The molecule has 1 atom stereocenters. The molecular weight excluding hydrogens is 387 g/mol. The number of benzene rings is 1. The highest BCUT2D eigenvalue weighted by Gasteiger charge is 2.57. The first-order valence-corrected chi connectivity index (χ1v) is 9.14. The zero-order valence-corrected chi connectivity index (χ0v) is 16.6. The normalized spacial score (nSPS) is 14.4. The average Bonchev–Trinajstić information content (AvgIpc) is 3.11. The molecule has 7 nitrogen and oxygen atoms in total. The number of nitrogens with one attached hydrogen (secondary N) is 2. The van der Waals surface area contributed by atoms with Crippen molar-refractivity contribution in [3.63, 3.8) is 0 Å². The molecule has 0 aliphatic carbocycles. The lowest BCUT2D eigenvalue weighted by atomic mass is 9.97. The highest BCUT2D eigenvalue weighted by molar-refractivity contribution is 5.79. The summed E-state index contributed by atoms with van der Waals surface area (Å²) in [5.74, 6) is 0.554. The van der Waals surface area contributed by atoms with Crippen molar-refractivity contribution in [2.75, 3.05) is 20.2 Å². The van der Waals surface area contributed by atoms with E-state index in [0.717, 1.165) is 10.1 Å². The van der Waals surface area contributed by atoms with Crippen molar-refractivity contribution >= 4 is 5.96 Å². The topological polar surface area (TPSA) is 83.7 Å². The summed E-state index contributed by atoms with van der Waals surface area (Å²) in [5, 5.41) is 16.2. The first kappa shape index (κ1) is 22.5. The van der Waals surface area contributed by atoms with E-state index in [1.165, 1.54) is 19.4 Å². The van der Waals surface area contributed by atoms with Crippen molar-refractivity contribution in [3.05, 3.63) is 48.0 Å². The Kier molecular flexibility index (Phi) is 7.49. The number of guanidine groups is 1. The second-order valence-electron chi connectivity index (χ2n) is 6.40. The summed E-state index contributed by atoms with van der Waals surface area (Å²) >= 11 is 0. The first-order chi connectivity index (χ1) is 13.7. The molecule has 0 saturated carbocycles. The summed E-state index contributed by atoms with van der Waals surface area (Å²) < 4.78 is 47.2. The number of aliphatic hydroxyl groups is 1. The third-order valence-electron chi connectivity index (χ3n) is 4.38. The van der Waals surface area contributed by atoms with Crippen LogP contribution in [0, 0.1) is 0 Å². The van der Waals surface area contributed by atoms with Gasteiger partial charge in [-0.15, -0.1) is 0 Å². The van der Waals surface area contributed by atoms with Crippen LogP contribution in [-0.4, -0.2) is 47.0 Å². The largest absolute Gasteiger partial charge is 0.496 e. The van der Waals surface area contributed by atoms with E-state index in [0.29, 0.717) is 18.3 Å². The Morgan fingerprint density at radius 3 is 2.59 bits per heavy atom. The van der Waals surface area contributed by atoms with Gasteiger partial charge in [-0.2, -0.15) is 13.2 Å². The van der Waals surface area contributed by atoms with Crippen molar-refractivity contribution in [3.8, 4) is 5.75 Å². The van der Waals surface area contributed by atoms with Gasteiger partial charge in [0.2, 0.25) is 5.60 Å². The summed E-state index contributed by atoms with van der Waals surface area (Å²) in [4.78, 5) is 8.07. The van der Waals surface area contributed by atoms with Gasteiger partial charge in [-0.3, -0.25) is 0 Å². The zero-order chi connectivity index (χ0) is 21.5. The number of hydrogen-bond donors (Lipinski definition) is 3. The predicted molar refractivity (Wildman–Crippen MR) is 104 cm³/mol. The Labute approximate surface area is 167 Å². The van der Waals surface area contributed by atoms with Crippen LogP contribution in [0.1, 0.15) is 24.7 Å². The Morgan fingerprint density at radius 1 is 1.28 bits per heavy atom. The smallest absolute Gasteiger partial charge is 0.424 e. The number of aromatic nitrogens is 2. The van der Waals surface area contributed by atoms with Crippen molar-refractivity contribution in [2.24, 2.45) is 12.0 Å². The van der Waals surface area contributed by atoms with Gasteiger partial charge >= 0.3 is 6.18 Å². The van der Waals surface area contributed by atoms with Crippen LogP contribution in [0.25, 0.3) is 0 Å². The van der Waals surface area contributed by atoms with Crippen LogP contribution in [0.3, 0.4) is 0 Å². The number of methoxy groups -OCH3 is 1. The minimum absolute atomic E-state index is 0.166. The van der Waals surface area contributed by atoms with Gasteiger partial charge in [0.25, 0.3) is 0 Å². The lowest BCUT2D eigenvalue weighted by Crippen LogP contribution is -2.47. The fourth-order valence-corrected chi connectivity index (χ4v) is 2.85. The summed E-state index contributed by atoms with van der Waals surface area (Å²) in [5.41, 5.74) is -2.23. The van der Waals surface area contributed by atoms with Gasteiger partial charge in [0, 0.05) is 44.5 Å². The number of ether oxygens (including phenoxy) is 1. The highest BCUT2D eigenvalue weighted by Crippen LogP contribution is 2.40. The van der Waals surface area contributed by atoms with E-state index in [1.54, 1.807) is 7.11 Å². The van der Waals surface area contributed by atoms with Crippen LogP contribution in [-0.2, 0) is 19.2 Å². The maximum atomic E-state index is 13.6. The van der Waals surface area contributed by atoms with Gasteiger partial charge in [0.15, 0.2) is 5.96 Å². The van der Waals surface area contributed by atoms with E-state index in [2.05, 4.69) is 20.6 Å². The van der Waals surface area contributed by atoms with Crippen LogP contribution in [0.5, 0.6) is 5.75 Å². The lowest BCUT2D eigenvalue weighted by Gasteiger charge is -2.30. The molecule has 2 rings (SSSR count). The molecular formula is C19H26F3N5O2. The predicted octanol–water partition coefficient (Wildman–Crippen LogP) is 2.32. The second-order valence-corrected chi connectivity index (χ2v) is 6.40. The molecule has 29 heavy (non-hydrogen) atoms. The number of aryl methyl sites for hydroxylation is 1. The van der Waals surface area contributed by atoms with Crippen LogP contribution in [0.2, 0.25) is 0 Å². The fraction of sp³-hybridized carbons (Fsp3) is 0.474. The molecule has 0 aliphatic heterocycles. The summed E-state index contributed by atoms with van der Waals surface area (Å²) in [6, 6.07) is 7.35. The molecule has 0 amide bonds. The molecule has 1 aromatic heterocycles. The van der Waals surface area contributed by atoms with Crippen LogP contribution < -0.4 is 15.4 Å². The molecule has 10 heteroatoms. The molecule has 3 N–H and O–H groups in total. The number of rotatable bonds is 8. The van der Waals surface area contributed by atoms with E-state index < -0.39 is 24.0 Å². The zero-order valence-electron chi connectivity index (χ0n) is 16.6. The van der Waals surface area contributed by atoms with E-state index in [1.807, 2.05) is 31.2 Å². The summed E-state index contributed by atoms with van der Waals surface area (Å²) in [7, 11) is 2.97. The SMILES string of the molecule is CCNC(=NCc1ccccc1OC)NCCC(O)(c1nccn1C)C(F)(F)F. The van der Waals surface area contributed by atoms with E-state index in [-0.39, 0.29) is 13.1 Å². The molecule has 2 aromatic rings. The lowest BCUT2D eigenvalue weighted by molar-refractivity contribution is -0.272. The quantitative estimate of drug-likeness (QED) is 0.457. The first-order valence-electron chi connectivity index (χ1n) is 9.14. The van der Waals surface area contributed by atoms with Gasteiger partial charge in [-0.1, -0.05) is 18.2 Å². The monoisotopic (exact) mass is 413 g/mol. The third-order valence-corrected chi connectivity index (χ3v) is 4.38. The molecule has 0 bridgehead atoms. The average molecular weight is 413 g/mol. The van der Waals surface area contributed by atoms with Crippen LogP contribution in [0.15, 0.2) is 41.7 Å². The Bertz CT molecular complexity index is 822. The molecule has 1 aromatic carbocycles. The maximum Gasteiger partial charge on any atom is 0.424 e. The maximum absolute atomic E-state index is 13.6. The van der Waals surface area contributed by atoms with Crippen molar-refractivity contribution in [2.45, 2.75) is 31.7 Å². The molecule has 1 heterocycles. The van der Waals surface area contributed by atoms with Gasteiger partial charge < -0.3 is 25.0 Å². The molecule has 0 spiro atoms. The number of halogens is 3. The van der Waals surface area contributed by atoms with Crippen molar-refractivity contribution in [1.82, 2.24) is 20.2 Å². The minimum Gasteiger partial charge on any atom is -0.496 e. The van der Waals surface area contributed by atoms with Crippen LogP contribution >= 0.6 is 0 Å². The van der Waals surface area contributed by atoms with Gasteiger partial charge in [0.1, 0.15) is 11.6 Å². The van der Waals surface area contributed by atoms with Crippen LogP contribution in [0.4, 0.5) is 13.2 Å². The molecule has 0 aliphatic rings. The third kappa shape index (κ3) is 5.41. The number of nitrogens with zero attached hydrogens (tertiary/aromatic N) is 3. The Morgan fingerprint density at radius 2 is 2.00 bits per heavy atom. The fourth-order valence-electron chi connectivity index (χ4n) is 2.85. The van der Waals surface area contributed by atoms with Crippen molar-refractivity contribution in [1.29, 1.82) is 0 Å². The van der Waals surface area contributed by atoms with E-state index in [4.69, 9.17) is 4.74 Å². The summed E-state index contributed by atoms with van der Waals surface area (Å²) in [6.45, 7) is 2.49. The van der Waals surface area contributed by atoms with E-state index in [9.17, 15) is 18.3 Å². The summed E-state index contributed by atoms with van der Waals surface area (Å²) in [6.07, 6.45) is -2.92. The van der Waals surface area contributed by atoms with Gasteiger partial charge in [0.05, 0.1) is 13.7 Å². The van der Waals surface area contributed by atoms with Gasteiger partial charge in [-0.05, 0) is 13.0 Å². The molecule has 160 valence electrons. The highest BCUT2D eigenvalue weighted by atomic mass is 19.4. The standard InChI is InChI=1S/C19H26F3N5O2/c1-4-23-17(26-13-14-7-5-6-8-15(14)29-3)25-10-9-18(28,19(20,21)22)16-24-11-12-27(16)2/h5-8,11-12,28H,4,9-10,13H2,1-3H3,(H2,23,25,26). The van der Waals surface area contributed by atoms with Gasteiger partial charge in [-0.25, -0.2) is 9.98 Å². The second kappa shape index (κ2) is 9.64. The minimum atomic E-state index is -4.87. The van der Waals surface area contributed by atoms with Crippen molar-refractivity contribution < 1.29 is 23.0 Å². The number of aliphatic imine (C=N–C) groups is 1. The molecule has 1 unspecified atom stereocenters. The Balaban J connectivity index is 2.10.